The molecule has 10 heteroatoms. The summed E-state index contributed by atoms with van der Waals surface area (Å²) in [6.07, 6.45) is 25.9. The summed E-state index contributed by atoms with van der Waals surface area (Å²) in [5.41, 5.74) is 7.03. The molecule has 0 spiro atoms. The number of carbonyl (C=O) groups excluding carboxylic acids is 6. The Balaban J connectivity index is 0.936. The van der Waals surface area contributed by atoms with Crippen LogP contribution in [0.1, 0.15) is 192 Å². The quantitative estimate of drug-likeness (QED) is 0.154. The minimum absolute atomic E-state index is 0.0491. The first-order valence-electron chi connectivity index (χ1n) is 22.8. The van der Waals surface area contributed by atoms with Gasteiger partial charge in [0.05, 0.1) is 44.8 Å². The Morgan fingerprint density at radius 1 is 0.333 bits per heavy atom. The molecule has 3 fully saturated rings. The number of aromatic nitrogens is 1. The average Bonchev–Trinajstić information content (AvgIpc) is 3.83. The van der Waals surface area contributed by atoms with Gasteiger partial charge in [0.25, 0.3) is 35.4 Å². The molecule has 6 amide bonds. The van der Waals surface area contributed by atoms with E-state index in [4.69, 9.17) is 4.98 Å². The minimum atomic E-state index is -0.228. The third-order valence-electron chi connectivity index (χ3n) is 13.9. The van der Waals surface area contributed by atoms with Crippen molar-refractivity contribution in [3.05, 3.63) is 134 Å². The molecule has 3 aliphatic heterocycles. The van der Waals surface area contributed by atoms with Crippen LogP contribution in [0.5, 0.6) is 0 Å². The fourth-order valence-electron chi connectivity index (χ4n) is 10.6. The van der Waals surface area contributed by atoms with Crippen molar-refractivity contribution in [2.75, 3.05) is 0 Å². The normalized spacial score (nSPS) is 20.1. The summed E-state index contributed by atoms with van der Waals surface area (Å²) in [7, 11) is 0. The van der Waals surface area contributed by atoms with Gasteiger partial charge in [0, 0.05) is 18.1 Å². The fourth-order valence-corrected chi connectivity index (χ4v) is 10.6. The predicted octanol–water partition coefficient (Wildman–Crippen LogP) is 10.4. The fraction of sp³-hybridized carbons (Fsp3) is 0.340. The van der Waals surface area contributed by atoms with E-state index in [0.717, 1.165) is 119 Å². The molecule has 10 nitrogen and oxygen atoms in total. The zero-order valence-electron chi connectivity index (χ0n) is 35.4. The van der Waals surface area contributed by atoms with Gasteiger partial charge in [0.2, 0.25) is 0 Å². The van der Waals surface area contributed by atoms with Crippen LogP contribution in [0.3, 0.4) is 0 Å². The van der Waals surface area contributed by atoms with E-state index in [0.29, 0.717) is 44.8 Å². The average molecular weight is 839 g/mol. The number of pyridine rings is 1. The van der Waals surface area contributed by atoms with Gasteiger partial charge in [-0.2, -0.15) is 0 Å². The number of benzene rings is 3. The monoisotopic (exact) mass is 838 g/mol. The van der Waals surface area contributed by atoms with Gasteiger partial charge in [-0.25, -0.2) is 4.98 Å². The Morgan fingerprint density at radius 3 is 0.952 bits per heavy atom. The van der Waals surface area contributed by atoms with E-state index < -0.39 is 0 Å². The van der Waals surface area contributed by atoms with Crippen molar-refractivity contribution in [3.63, 3.8) is 0 Å². The highest BCUT2D eigenvalue weighted by molar-refractivity contribution is 6.23. The highest BCUT2D eigenvalue weighted by Crippen LogP contribution is 2.35. The molecule has 3 aliphatic carbocycles. The van der Waals surface area contributed by atoms with Crippen LogP contribution in [0.25, 0.3) is 36.5 Å². The molecule has 1 aromatic heterocycles. The predicted molar refractivity (Wildman–Crippen MR) is 242 cm³/mol. The first-order valence-corrected chi connectivity index (χ1v) is 22.8. The van der Waals surface area contributed by atoms with Gasteiger partial charge in [-0.1, -0.05) is 100 Å². The van der Waals surface area contributed by atoms with E-state index in [1.807, 2.05) is 66.8 Å². The van der Waals surface area contributed by atoms with Gasteiger partial charge in [-0.05, 0) is 121 Å². The van der Waals surface area contributed by atoms with Crippen LogP contribution in [0.4, 0.5) is 0 Å². The first kappa shape index (κ1) is 40.5. The maximum absolute atomic E-state index is 13.6. The summed E-state index contributed by atoms with van der Waals surface area (Å²) >= 11 is 0. The second-order valence-corrected chi connectivity index (χ2v) is 18.0. The van der Waals surface area contributed by atoms with Crippen molar-refractivity contribution in [2.24, 2.45) is 0 Å². The summed E-state index contributed by atoms with van der Waals surface area (Å²) < 4.78 is 0. The van der Waals surface area contributed by atoms with E-state index in [2.05, 4.69) is 0 Å². The van der Waals surface area contributed by atoms with E-state index in [1.165, 1.54) is 14.7 Å². The van der Waals surface area contributed by atoms with Crippen LogP contribution < -0.4 is 0 Å². The lowest BCUT2D eigenvalue weighted by Crippen LogP contribution is -2.40. The molecule has 0 N–H and O–H groups in total. The maximum Gasteiger partial charge on any atom is 0.261 e. The Labute approximate surface area is 367 Å². The van der Waals surface area contributed by atoms with Crippen LogP contribution in [-0.4, -0.2) is 73.3 Å². The van der Waals surface area contributed by atoms with Crippen molar-refractivity contribution >= 4 is 71.9 Å². The second-order valence-electron chi connectivity index (χ2n) is 18.0. The van der Waals surface area contributed by atoms with Crippen molar-refractivity contribution in [1.82, 2.24) is 19.7 Å². The Kier molecular flexibility index (Phi) is 10.9. The number of carbonyl (C=O) groups is 6. The van der Waals surface area contributed by atoms with E-state index >= 15 is 0 Å². The number of hydrogen-bond acceptors (Lipinski definition) is 7. The number of fused-ring (bicyclic) bond motifs is 3. The largest absolute Gasteiger partial charge is 0.271 e. The first-order chi connectivity index (χ1) is 30.7. The van der Waals surface area contributed by atoms with Gasteiger partial charge in [-0.3, -0.25) is 43.5 Å². The second kappa shape index (κ2) is 17.0. The van der Waals surface area contributed by atoms with Crippen molar-refractivity contribution in [2.45, 2.75) is 114 Å². The zero-order valence-corrected chi connectivity index (χ0v) is 35.4. The van der Waals surface area contributed by atoms with Crippen molar-refractivity contribution in [1.29, 1.82) is 0 Å². The van der Waals surface area contributed by atoms with Gasteiger partial charge >= 0.3 is 0 Å². The topological polar surface area (TPSA) is 125 Å². The van der Waals surface area contributed by atoms with Crippen LogP contribution >= 0.6 is 0 Å². The molecule has 4 aromatic rings. The number of nitrogens with zero attached hydrogens (tertiary/aromatic N) is 4. The molecule has 3 aromatic carbocycles. The molecule has 0 atom stereocenters. The van der Waals surface area contributed by atoms with Gasteiger partial charge in [0.1, 0.15) is 0 Å². The molecule has 0 bridgehead atoms. The van der Waals surface area contributed by atoms with Gasteiger partial charge in [-0.15, -0.1) is 0 Å². The molecule has 63 heavy (non-hydrogen) atoms. The molecule has 3 saturated carbocycles. The van der Waals surface area contributed by atoms with Crippen LogP contribution in [0.2, 0.25) is 0 Å². The number of hydrogen-bond donors (Lipinski definition) is 0. The minimum Gasteiger partial charge on any atom is -0.271 e. The van der Waals surface area contributed by atoms with Gasteiger partial charge in [0.15, 0.2) is 0 Å². The van der Waals surface area contributed by atoms with E-state index in [1.54, 1.807) is 36.4 Å². The zero-order chi connectivity index (χ0) is 43.2. The molecule has 6 aliphatic rings. The SMILES string of the molecule is O=C1c2ccc(/C=C/c3cc(/C=C/c4ccc5c(c4)C(=O)N(C4CCCCC4)C5=O)nc(/C=C/c4ccc5c(c4)C(=O)N(C4CCCCC4)C5=O)c3)cc2C(=O)N1C1CCCCC1. The lowest BCUT2D eigenvalue weighted by atomic mass is 9.94. The van der Waals surface area contributed by atoms with Crippen molar-refractivity contribution < 1.29 is 28.8 Å². The molecular weight excluding hydrogens is 789 g/mol. The molecule has 0 saturated heterocycles. The molecule has 4 heterocycles. The van der Waals surface area contributed by atoms with Crippen molar-refractivity contribution in [3.8, 4) is 0 Å². The standard InChI is InChI=1S/C53H50N4O6/c58-48-42-25-20-33(30-45(42)51(61)55(48)39-10-4-1-5-11-39)16-17-36-28-37(23-18-34-21-26-43-46(31-34)52(62)56(49(43)59)40-12-6-2-7-13-40)54-38(29-36)24-19-35-22-27-44-47(32-35)53(63)57(50(44)60)41-14-8-3-9-15-41/h16-32,39-41H,1-15H2/b17-16+,23-18+,24-19+. The summed E-state index contributed by atoms with van der Waals surface area (Å²) in [6, 6.07) is 19.9. The molecule has 0 radical (unpaired) electrons. The molecule has 318 valence electrons. The van der Waals surface area contributed by atoms with E-state index in [9.17, 15) is 28.8 Å². The lowest BCUT2D eigenvalue weighted by molar-refractivity contribution is 0.0533. The number of amides is 6. The van der Waals surface area contributed by atoms with E-state index in [-0.39, 0.29) is 53.6 Å². The summed E-state index contributed by atoms with van der Waals surface area (Å²) in [5, 5.41) is 0. The molecule has 0 unspecified atom stereocenters. The Bertz CT molecular complexity index is 2370. The summed E-state index contributed by atoms with van der Waals surface area (Å²) in [6.45, 7) is 0. The highest BCUT2D eigenvalue weighted by Gasteiger charge is 2.42. The third kappa shape index (κ3) is 7.70. The molecular formula is C53H50N4O6. The summed E-state index contributed by atoms with van der Waals surface area (Å²) in [5.74, 6) is -1.31. The van der Waals surface area contributed by atoms with Crippen LogP contribution in [0.15, 0.2) is 66.7 Å². The summed E-state index contributed by atoms with van der Waals surface area (Å²) in [4.78, 5) is 90.0. The number of imide groups is 3. The number of rotatable bonds is 9. The lowest BCUT2D eigenvalue weighted by Gasteiger charge is -2.29. The smallest absolute Gasteiger partial charge is 0.261 e. The highest BCUT2D eigenvalue weighted by atomic mass is 16.2. The Hall–Kier alpha value is -6.55. The molecule has 10 rings (SSSR count). The third-order valence-corrected chi connectivity index (χ3v) is 13.9. The van der Waals surface area contributed by atoms with Crippen LogP contribution in [-0.2, 0) is 0 Å². The van der Waals surface area contributed by atoms with Gasteiger partial charge < -0.3 is 0 Å². The Morgan fingerprint density at radius 2 is 0.619 bits per heavy atom. The van der Waals surface area contributed by atoms with Crippen LogP contribution in [0, 0.1) is 0 Å². The maximum atomic E-state index is 13.6.